The highest BCUT2D eigenvalue weighted by atomic mass is 19.2. The van der Waals surface area contributed by atoms with Crippen LogP contribution in [0.2, 0.25) is 0 Å². The monoisotopic (exact) mass is 245 g/mol. The van der Waals surface area contributed by atoms with Gasteiger partial charge in [0, 0.05) is 12.2 Å². The van der Waals surface area contributed by atoms with Gasteiger partial charge in [-0.3, -0.25) is 4.79 Å². The third kappa shape index (κ3) is 3.33. The maximum atomic E-state index is 13.1. The van der Waals surface area contributed by atoms with Crippen LogP contribution in [-0.2, 0) is 9.59 Å². The van der Waals surface area contributed by atoms with Gasteiger partial charge >= 0.3 is 5.97 Å². The van der Waals surface area contributed by atoms with E-state index in [2.05, 4.69) is 0 Å². The van der Waals surface area contributed by atoms with Crippen molar-refractivity contribution in [2.75, 3.05) is 5.32 Å². The van der Waals surface area contributed by atoms with Crippen molar-refractivity contribution in [2.24, 2.45) is 0 Å². The van der Waals surface area contributed by atoms with Crippen molar-refractivity contribution in [3.05, 3.63) is 41.7 Å². The topological polar surface area (TPSA) is 66.4 Å². The number of rotatable bonds is 3. The number of halogens is 3. The van der Waals surface area contributed by atoms with Crippen LogP contribution >= 0.6 is 0 Å². The summed E-state index contributed by atoms with van der Waals surface area (Å²) >= 11 is 0. The molecule has 0 fully saturated rings. The summed E-state index contributed by atoms with van der Waals surface area (Å²) in [4.78, 5) is 21.1. The Kier molecular flexibility index (Phi) is 3.86. The summed E-state index contributed by atoms with van der Waals surface area (Å²) in [6.07, 6.45) is 1.14. The zero-order chi connectivity index (χ0) is 13.0. The molecule has 0 aliphatic carbocycles. The minimum atomic E-state index is -1.72. The molecule has 0 spiro atoms. The molecule has 90 valence electrons. The van der Waals surface area contributed by atoms with Gasteiger partial charge in [0.1, 0.15) is 0 Å². The number of anilines is 1. The van der Waals surface area contributed by atoms with Crippen molar-refractivity contribution < 1.29 is 27.9 Å². The van der Waals surface area contributed by atoms with Crippen LogP contribution in [0.4, 0.5) is 18.9 Å². The summed E-state index contributed by atoms with van der Waals surface area (Å²) in [5.41, 5.74) is -0.580. The van der Waals surface area contributed by atoms with Crippen molar-refractivity contribution >= 4 is 17.6 Å². The molecule has 2 N–H and O–H groups in total. The number of carbonyl (C=O) groups is 2. The molecule has 1 amide bonds. The van der Waals surface area contributed by atoms with E-state index in [1.165, 1.54) is 0 Å². The zero-order valence-electron chi connectivity index (χ0n) is 8.21. The molecule has 0 saturated carbocycles. The molecule has 0 bridgehead atoms. The SMILES string of the molecule is O=C(O)C=CC(=O)Nc1ccc(F)c(F)c1F. The van der Waals surface area contributed by atoms with Gasteiger partial charge in [-0.15, -0.1) is 0 Å². The molecule has 0 saturated heterocycles. The van der Waals surface area contributed by atoms with E-state index in [0.29, 0.717) is 18.2 Å². The van der Waals surface area contributed by atoms with Crippen LogP contribution in [-0.4, -0.2) is 17.0 Å². The number of carboxylic acids is 1. The average molecular weight is 245 g/mol. The molecule has 1 aromatic carbocycles. The molecule has 17 heavy (non-hydrogen) atoms. The molecule has 0 heterocycles. The third-order valence-electron chi connectivity index (χ3n) is 1.67. The number of amides is 1. The Balaban J connectivity index is 2.86. The molecule has 0 atom stereocenters. The maximum Gasteiger partial charge on any atom is 0.328 e. The Hall–Kier alpha value is -2.31. The van der Waals surface area contributed by atoms with E-state index in [1.54, 1.807) is 0 Å². The number of carboxylic acid groups (broad SMARTS) is 1. The second-order valence-corrected chi connectivity index (χ2v) is 2.88. The van der Waals surface area contributed by atoms with Gasteiger partial charge in [0.2, 0.25) is 5.91 Å². The molecule has 1 rings (SSSR count). The number of benzene rings is 1. The van der Waals surface area contributed by atoms with Gasteiger partial charge in [-0.2, -0.15) is 0 Å². The van der Waals surface area contributed by atoms with Crippen LogP contribution in [0.5, 0.6) is 0 Å². The van der Waals surface area contributed by atoms with Crippen molar-refractivity contribution in [1.82, 2.24) is 0 Å². The number of hydrogen-bond acceptors (Lipinski definition) is 2. The Morgan fingerprint density at radius 3 is 2.35 bits per heavy atom. The Morgan fingerprint density at radius 2 is 1.76 bits per heavy atom. The van der Waals surface area contributed by atoms with Gasteiger partial charge in [-0.25, -0.2) is 18.0 Å². The standard InChI is InChI=1S/C10H6F3NO3/c11-5-1-2-6(10(13)9(5)12)14-7(15)3-4-8(16)17/h1-4H,(H,14,15)(H,16,17). The van der Waals surface area contributed by atoms with E-state index >= 15 is 0 Å². The molecular weight excluding hydrogens is 239 g/mol. The quantitative estimate of drug-likeness (QED) is 0.629. The number of aliphatic carboxylic acids is 1. The van der Waals surface area contributed by atoms with Crippen molar-refractivity contribution in [3.63, 3.8) is 0 Å². The lowest BCUT2D eigenvalue weighted by molar-refractivity contribution is -0.131. The third-order valence-corrected chi connectivity index (χ3v) is 1.67. The minimum absolute atomic E-state index is 0.521. The molecule has 0 radical (unpaired) electrons. The van der Waals surface area contributed by atoms with Gasteiger partial charge in [0.05, 0.1) is 5.69 Å². The van der Waals surface area contributed by atoms with Crippen LogP contribution in [0.3, 0.4) is 0 Å². The van der Waals surface area contributed by atoms with E-state index in [-0.39, 0.29) is 0 Å². The summed E-state index contributed by atoms with van der Waals surface area (Å²) in [5, 5.41) is 10.1. The fourth-order valence-electron chi connectivity index (χ4n) is 0.944. The Bertz CT molecular complexity index is 500. The molecule has 0 aliphatic rings. The van der Waals surface area contributed by atoms with Crippen molar-refractivity contribution in [3.8, 4) is 0 Å². The molecule has 0 aliphatic heterocycles. The highest BCUT2D eigenvalue weighted by Gasteiger charge is 2.14. The first-order valence-electron chi connectivity index (χ1n) is 4.27. The average Bonchev–Trinajstić information content (AvgIpc) is 2.27. The highest BCUT2D eigenvalue weighted by Crippen LogP contribution is 2.19. The summed E-state index contributed by atoms with van der Waals surface area (Å²) < 4.78 is 38.3. The first-order chi connectivity index (χ1) is 7.91. The van der Waals surface area contributed by atoms with Crippen LogP contribution in [0.15, 0.2) is 24.3 Å². The minimum Gasteiger partial charge on any atom is -0.478 e. The fourth-order valence-corrected chi connectivity index (χ4v) is 0.944. The van der Waals surface area contributed by atoms with Crippen LogP contribution < -0.4 is 5.32 Å². The van der Waals surface area contributed by atoms with E-state index in [9.17, 15) is 22.8 Å². The van der Waals surface area contributed by atoms with Crippen LogP contribution in [0, 0.1) is 17.5 Å². The normalized spacial score (nSPS) is 10.5. The summed E-state index contributed by atoms with van der Waals surface area (Å²) in [6, 6.07) is 1.45. The van der Waals surface area contributed by atoms with E-state index < -0.39 is 35.0 Å². The van der Waals surface area contributed by atoms with E-state index in [0.717, 1.165) is 6.07 Å². The molecule has 1 aromatic rings. The van der Waals surface area contributed by atoms with Crippen LogP contribution in [0.25, 0.3) is 0 Å². The lowest BCUT2D eigenvalue weighted by Crippen LogP contribution is -2.11. The Labute approximate surface area is 93.4 Å². The summed E-state index contributed by atoms with van der Waals surface area (Å²) in [7, 11) is 0. The summed E-state index contributed by atoms with van der Waals surface area (Å²) in [5.74, 6) is -7.00. The van der Waals surface area contributed by atoms with E-state index in [4.69, 9.17) is 5.11 Å². The number of nitrogens with one attached hydrogen (secondary N) is 1. The largest absolute Gasteiger partial charge is 0.478 e. The number of carbonyl (C=O) groups excluding carboxylic acids is 1. The van der Waals surface area contributed by atoms with Crippen molar-refractivity contribution in [1.29, 1.82) is 0 Å². The number of hydrogen-bond donors (Lipinski definition) is 2. The zero-order valence-corrected chi connectivity index (χ0v) is 8.21. The lowest BCUT2D eigenvalue weighted by Gasteiger charge is -2.04. The first kappa shape index (κ1) is 12.8. The highest BCUT2D eigenvalue weighted by molar-refractivity contribution is 6.02. The van der Waals surface area contributed by atoms with Gasteiger partial charge in [-0.05, 0) is 12.1 Å². The molecule has 0 aromatic heterocycles. The molecule has 4 nitrogen and oxygen atoms in total. The molecule has 7 heteroatoms. The van der Waals surface area contributed by atoms with Gasteiger partial charge in [0.25, 0.3) is 0 Å². The summed E-state index contributed by atoms with van der Waals surface area (Å²) in [6.45, 7) is 0. The molecule has 0 unspecified atom stereocenters. The predicted molar refractivity (Wildman–Crippen MR) is 51.7 cm³/mol. The van der Waals surface area contributed by atoms with E-state index in [1.807, 2.05) is 5.32 Å². The second kappa shape index (κ2) is 5.15. The van der Waals surface area contributed by atoms with Crippen molar-refractivity contribution in [2.45, 2.75) is 0 Å². The lowest BCUT2D eigenvalue weighted by atomic mass is 10.2. The fraction of sp³-hybridized carbons (Fsp3) is 0. The predicted octanol–water partition coefficient (Wildman–Crippen LogP) is 1.68. The first-order valence-corrected chi connectivity index (χ1v) is 4.27. The van der Waals surface area contributed by atoms with Gasteiger partial charge < -0.3 is 10.4 Å². The maximum absolute atomic E-state index is 13.1. The second-order valence-electron chi connectivity index (χ2n) is 2.88. The molecular formula is C10H6F3NO3. The smallest absolute Gasteiger partial charge is 0.328 e. The Morgan fingerprint density at radius 1 is 1.12 bits per heavy atom. The van der Waals surface area contributed by atoms with Gasteiger partial charge in [-0.1, -0.05) is 0 Å². The van der Waals surface area contributed by atoms with Crippen LogP contribution in [0.1, 0.15) is 0 Å². The van der Waals surface area contributed by atoms with Gasteiger partial charge in [0.15, 0.2) is 17.5 Å².